The van der Waals surface area contributed by atoms with Gasteiger partial charge in [0.25, 0.3) is 0 Å². The molecule has 4 rings (SSSR count). The molecule has 2 atom stereocenters. The van der Waals surface area contributed by atoms with Crippen LogP contribution in [0.2, 0.25) is 0 Å². The zero-order valence-electron chi connectivity index (χ0n) is 17.0. The number of nitrogens with one attached hydrogen (secondary N) is 1. The Labute approximate surface area is 171 Å². The van der Waals surface area contributed by atoms with Gasteiger partial charge in [0.1, 0.15) is 5.75 Å². The van der Waals surface area contributed by atoms with Crippen LogP contribution in [-0.2, 0) is 10.2 Å². The number of fused-ring (bicyclic) bond motifs is 1. The van der Waals surface area contributed by atoms with Crippen LogP contribution in [0, 0.1) is 5.92 Å². The van der Waals surface area contributed by atoms with Gasteiger partial charge in [-0.2, -0.15) is 5.10 Å². The third-order valence-corrected chi connectivity index (χ3v) is 5.65. The van der Waals surface area contributed by atoms with Crippen LogP contribution in [0.4, 0.5) is 0 Å². The standard InChI is InChI=1S/C25H26N2O2/c1-25(2,3)18-11-8-17(9-12-18)20-14-21(20)24(29)27-26-15-22-19-7-5-4-6-16(19)10-13-23(22)28/h4-13,15,20-21,28H,14H2,1-3H3,(H,27,29)/b26-15+/t20-,21+/m0/s1. The summed E-state index contributed by atoms with van der Waals surface area (Å²) in [5.41, 5.74) is 5.87. The van der Waals surface area contributed by atoms with Gasteiger partial charge in [-0.05, 0) is 45.7 Å². The SMILES string of the molecule is CC(C)(C)c1ccc([C@@H]2C[C@H]2C(=O)N/N=C/c2c(O)ccc3ccccc23)cc1. The van der Waals surface area contributed by atoms with Gasteiger partial charge in [-0.3, -0.25) is 4.79 Å². The number of hydrogen-bond donors (Lipinski definition) is 2. The molecule has 1 aliphatic rings. The maximum atomic E-state index is 12.5. The van der Waals surface area contributed by atoms with E-state index >= 15 is 0 Å². The predicted molar refractivity (Wildman–Crippen MR) is 117 cm³/mol. The molecule has 0 spiro atoms. The van der Waals surface area contributed by atoms with Crippen LogP contribution in [0.5, 0.6) is 5.75 Å². The highest BCUT2D eigenvalue weighted by atomic mass is 16.3. The average Bonchev–Trinajstić information content (AvgIpc) is 3.50. The Hall–Kier alpha value is -3.14. The summed E-state index contributed by atoms with van der Waals surface area (Å²) in [7, 11) is 0. The molecule has 148 valence electrons. The van der Waals surface area contributed by atoms with Crippen molar-refractivity contribution in [1.82, 2.24) is 5.43 Å². The Morgan fingerprint density at radius 2 is 1.79 bits per heavy atom. The zero-order valence-corrected chi connectivity index (χ0v) is 17.0. The van der Waals surface area contributed by atoms with E-state index in [0.29, 0.717) is 5.56 Å². The second kappa shape index (κ2) is 7.36. The highest BCUT2D eigenvalue weighted by molar-refractivity contribution is 6.02. The monoisotopic (exact) mass is 386 g/mol. The number of nitrogens with zero attached hydrogens (tertiary/aromatic N) is 1. The maximum Gasteiger partial charge on any atom is 0.243 e. The fourth-order valence-corrected chi connectivity index (χ4v) is 3.75. The number of carbonyl (C=O) groups is 1. The van der Waals surface area contributed by atoms with Crippen LogP contribution in [-0.4, -0.2) is 17.2 Å². The summed E-state index contributed by atoms with van der Waals surface area (Å²) < 4.78 is 0. The lowest BCUT2D eigenvalue weighted by Crippen LogP contribution is -2.20. The van der Waals surface area contributed by atoms with Crippen molar-refractivity contribution in [2.45, 2.75) is 38.5 Å². The number of hydrogen-bond acceptors (Lipinski definition) is 3. The van der Waals surface area contributed by atoms with Gasteiger partial charge in [-0.15, -0.1) is 0 Å². The average molecular weight is 386 g/mol. The molecule has 0 aliphatic heterocycles. The first-order chi connectivity index (χ1) is 13.8. The van der Waals surface area contributed by atoms with E-state index in [1.165, 1.54) is 17.3 Å². The van der Waals surface area contributed by atoms with Crippen LogP contribution in [0.1, 0.15) is 49.8 Å². The maximum absolute atomic E-state index is 12.5. The number of phenols is 1. The molecule has 4 nitrogen and oxygen atoms in total. The molecule has 2 N–H and O–H groups in total. The van der Waals surface area contributed by atoms with E-state index in [9.17, 15) is 9.90 Å². The third-order valence-electron chi connectivity index (χ3n) is 5.65. The van der Waals surface area contributed by atoms with Crippen LogP contribution in [0.25, 0.3) is 10.8 Å². The summed E-state index contributed by atoms with van der Waals surface area (Å²) in [5, 5.41) is 16.2. The molecule has 3 aromatic carbocycles. The molecule has 1 amide bonds. The first-order valence-corrected chi connectivity index (χ1v) is 9.98. The number of rotatable bonds is 4. The quantitative estimate of drug-likeness (QED) is 0.484. The molecule has 1 saturated carbocycles. The Morgan fingerprint density at radius 1 is 1.07 bits per heavy atom. The third kappa shape index (κ3) is 4.02. The van der Waals surface area contributed by atoms with Crippen molar-refractivity contribution in [2.75, 3.05) is 0 Å². The van der Waals surface area contributed by atoms with Crippen molar-refractivity contribution < 1.29 is 9.90 Å². The molecule has 1 aliphatic carbocycles. The molecule has 1 fully saturated rings. The summed E-state index contributed by atoms with van der Waals surface area (Å²) in [5.74, 6) is 0.273. The van der Waals surface area contributed by atoms with Gasteiger partial charge in [-0.1, -0.05) is 75.4 Å². The topological polar surface area (TPSA) is 61.7 Å². The van der Waals surface area contributed by atoms with Gasteiger partial charge in [-0.25, -0.2) is 5.43 Å². The van der Waals surface area contributed by atoms with E-state index in [1.807, 2.05) is 30.3 Å². The highest BCUT2D eigenvalue weighted by Gasteiger charge is 2.44. The lowest BCUT2D eigenvalue weighted by atomic mass is 9.86. The van der Waals surface area contributed by atoms with Crippen molar-refractivity contribution in [1.29, 1.82) is 0 Å². The van der Waals surface area contributed by atoms with Gasteiger partial charge in [0.15, 0.2) is 0 Å². The van der Waals surface area contributed by atoms with E-state index in [0.717, 1.165) is 17.2 Å². The number of benzene rings is 3. The number of carbonyl (C=O) groups excluding carboxylic acids is 1. The minimum absolute atomic E-state index is 0.0475. The highest BCUT2D eigenvalue weighted by Crippen LogP contribution is 2.47. The molecule has 0 bridgehead atoms. The fraction of sp³-hybridized carbons (Fsp3) is 0.280. The second-order valence-electron chi connectivity index (χ2n) is 8.77. The number of aromatic hydroxyl groups is 1. The molecule has 29 heavy (non-hydrogen) atoms. The van der Waals surface area contributed by atoms with E-state index in [-0.39, 0.29) is 28.9 Å². The molecule has 4 heteroatoms. The molecule has 0 aromatic heterocycles. The minimum atomic E-state index is -0.0779. The normalized spacial score (nSPS) is 18.9. The molecule has 0 radical (unpaired) electrons. The summed E-state index contributed by atoms with van der Waals surface area (Å²) in [6.45, 7) is 6.59. The lowest BCUT2D eigenvalue weighted by molar-refractivity contribution is -0.122. The van der Waals surface area contributed by atoms with Gasteiger partial charge < -0.3 is 5.11 Å². The van der Waals surface area contributed by atoms with Crippen molar-refractivity contribution >= 4 is 22.9 Å². The summed E-state index contributed by atoms with van der Waals surface area (Å²) in [6.07, 6.45) is 2.36. The van der Waals surface area contributed by atoms with Crippen molar-refractivity contribution in [2.24, 2.45) is 11.0 Å². The second-order valence-corrected chi connectivity index (χ2v) is 8.77. The Morgan fingerprint density at radius 3 is 2.52 bits per heavy atom. The van der Waals surface area contributed by atoms with Gasteiger partial charge in [0.2, 0.25) is 5.91 Å². The summed E-state index contributed by atoms with van der Waals surface area (Å²) >= 11 is 0. The smallest absolute Gasteiger partial charge is 0.243 e. The lowest BCUT2D eigenvalue weighted by Gasteiger charge is -2.19. The van der Waals surface area contributed by atoms with Crippen molar-refractivity contribution in [3.8, 4) is 5.75 Å². The minimum Gasteiger partial charge on any atom is -0.507 e. The Kier molecular flexibility index (Phi) is 4.87. The number of amides is 1. The van der Waals surface area contributed by atoms with E-state index in [1.54, 1.807) is 6.07 Å². The Bertz CT molecular complexity index is 1080. The van der Waals surface area contributed by atoms with Crippen LogP contribution < -0.4 is 5.43 Å². The number of hydrazone groups is 1. The van der Waals surface area contributed by atoms with Gasteiger partial charge in [0.05, 0.1) is 6.21 Å². The molecular weight excluding hydrogens is 360 g/mol. The van der Waals surface area contributed by atoms with Crippen LogP contribution >= 0.6 is 0 Å². The van der Waals surface area contributed by atoms with E-state index in [4.69, 9.17) is 0 Å². The molecule has 3 aromatic rings. The summed E-state index contributed by atoms with van der Waals surface area (Å²) in [6, 6.07) is 19.9. The van der Waals surface area contributed by atoms with Gasteiger partial charge in [0, 0.05) is 11.5 Å². The van der Waals surface area contributed by atoms with E-state index < -0.39 is 0 Å². The molecular formula is C25H26N2O2. The van der Waals surface area contributed by atoms with Crippen LogP contribution in [0.3, 0.4) is 0 Å². The van der Waals surface area contributed by atoms with Crippen LogP contribution in [0.15, 0.2) is 65.8 Å². The number of phenolic OH excluding ortho intramolecular Hbond substituents is 1. The zero-order chi connectivity index (χ0) is 20.6. The largest absolute Gasteiger partial charge is 0.507 e. The fourth-order valence-electron chi connectivity index (χ4n) is 3.75. The Balaban J connectivity index is 1.41. The van der Waals surface area contributed by atoms with Gasteiger partial charge >= 0.3 is 0 Å². The first-order valence-electron chi connectivity index (χ1n) is 9.98. The first kappa shape index (κ1) is 19.2. The molecule has 0 unspecified atom stereocenters. The van der Waals surface area contributed by atoms with Crippen molar-refractivity contribution in [3.63, 3.8) is 0 Å². The van der Waals surface area contributed by atoms with E-state index in [2.05, 4.69) is 55.6 Å². The predicted octanol–water partition coefficient (Wildman–Crippen LogP) is 5.10. The molecule has 0 heterocycles. The molecule has 0 saturated heterocycles. The summed E-state index contributed by atoms with van der Waals surface area (Å²) in [4.78, 5) is 12.5. The van der Waals surface area contributed by atoms with Crippen molar-refractivity contribution in [3.05, 3.63) is 77.4 Å².